The maximum atomic E-state index is 13.2. The van der Waals surface area contributed by atoms with Crippen molar-refractivity contribution >= 4 is 54.6 Å². The van der Waals surface area contributed by atoms with Gasteiger partial charge in [-0.05, 0) is 73.5 Å². The van der Waals surface area contributed by atoms with E-state index in [4.69, 9.17) is 11.6 Å². The second kappa shape index (κ2) is 9.28. The molecule has 2 N–H and O–H groups in total. The zero-order valence-corrected chi connectivity index (χ0v) is 20.5. The molecule has 0 unspecified atom stereocenters. The number of nitrogens with one attached hydrogen (secondary N) is 2. The second-order valence-corrected chi connectivity index (χ2v) is 12.0. The van der Waals surface area contributed by atoms with Gasteiger partial charge in [0.05, 0.1) is 16.3 Å². The molecular formula is C23H22ClN3O5S2. The molecular weight excluding hydrogens is 498 g/mol. The second-order valence-electron chi connectivity index (χ2n) is 7.66. The van der Waals surface area contributed by atoms with Gasteiger partial charge in [0.2, 0.25) is 10.0 Å². The summed E-state index contributed by atoms with van der Waals surface area (Å²) in [6, 6.07) is 17.2. The van der Waals surface area contributed by atoms with Crippen molar-refractivity contribution in [2.24, 2.45) is 0 Å². The van der Waals surface area contributed by atoms with Gasteiger partial charge in [-0.1, -0.05) is 23.7 Å². The van der Waals surface area contributed by atoms with Crippen molar-refractivity contribution in [3.05, 3.63) is 82.9 Å². The Kier molecular flexibility index (Phi) is 6.57. The van der Waals surface area contributed by atoms with Crippen LogP contribution in [-0.4, -0.2) is 35.0 Å². The predicted molar refractivity (Wildman–Crippen MR) is 134 cm³/mol. The summed E-state index contributed by atoms with van der Waals surface area (Å²) in [4.78, 5) is 12.9. The van der Waals surface area contributed by atoms with E-state index >= 15 is 0 Å². The smallest absolute Gasteiger partial charge is 0.264 e. The van der Waals surface area contributed by atoms with Crippen molar-refractivity contribution in [1.82, 2.24) is 0 Å². The highest BCUT2D eigenvalue weighted by Gasteiger charge is 2.31. The van der Waals surface area contributed by atoms with Crippen LogP contribution in [0.5, 0.6) is 0 Å². The maximum absolute atomic E-state index is 13.2. The SMILES string of the molecule is CCS(=O)(=O)Nc1cccc(C(=O)Nc2ccc3c(c2)N(S(=O)(=O)c2ccc(Cl)cc2)CC3)c1. The fourth-order valence-electron chi connectivity index (χ4n) is 3.59. The van der Waals surface area contributed by atoms with Gasteiger partial charge in [0, 0.05) is 28.5 Å². The first-order valence-electron chi connectivity index (χ1n) is 10.4. The van der Waals surface area contributed by atoms with Crippen molar-refractivity contribution in [2.45, 2.75) is 18.2 Å². The van der Waals surface area contributed by atoms with Crippen LogP contribution >= 0.6 is 11.6 Å². The summed E-state index contributed by atoms with van der Waals surface area (Å²) in [5.74, 6) is -0.545. The Morgan fingerprint density at radius 3 is 2.41 bits per heavy atom. The Morgan fingerprint density at radius 1 is 0.971 bits per heavy atom. The first-order valence-corrected chi connectivity index (χ1v) is 13.9. The summed E-state index contributed by atoms with van der Waals surface area (Å²) >= 11 is 5.89. The van der Waals surface area contributed by atoms with E-state index in [9.17, 15) is 21.6 Å². The zero-order valence-electron chi connectivity index (χ0n) is 18.2. The normalized spacial score (nSPS) is 13.4. The standard InChI is InChI=1S/C23H22ClN3O5S2/c1-2-33(29,30)26-20-5-3-4-17(14-20)23(28)25-19-9-6-16-12-13-27(22(16)15-19)34(31,32)21-10-7-18(24)8-11-21/h3-11,14-15,26H,2,12-13H2,1H3,(H,25,28). The molecule has 0 aromatic heterocycles. The average molecular weight is 520 g/mol. The van der Waals surface area contributed by atoms with Crippen molar-refractivity contribution in [2.75, 3.05) is 26.6 Å². The molecule has 34 heavy (non-hydrogen) atoms. The zero-order chi connectivity index (χ0) is 24.5. The first kappa shape index (κ1) is 24.1. The molecule has 0 saturated heterocycles. The number of nitrogens with zero attached hydrogens (tertiary/aromatic N) is 1. The highest BCUT2D eigenvalue weighted by atomic mass is 35.5. The number of carbonyl (C=O) groups is 1. The lowest BCUT2D eigenvalue weighted by Gasteiger charge is -2.20. The summed E-state index contributed by atoms with van der Waals surface area (Å²) in [5.41, 5.74) is 2.30. The number of sulfonamides is 2. The van der Waals surface area contributed by atoms with Crippen LogP contribution in [0.3, 0.4) is 0 Å². The quantitative estimate of drug-likeness (QED) is 0.488. The molecule has 178 valence electrons. The van der Waals surface area contributed by atoms with Crippen LogP contribution in [0.4, 0.5) is 17.1 Å². The molecule has 1 aliphatic heterocycles. The van der Waals surface area contributed by atoms with Crippen LogP contribution < -0.4 is 14.3 Å². The summed E-state index contributed by atoms with van der Waals surface area (Å²) in [6.45, 7) is 1.81. The van der Waals surface area contributed by atoms with Gasteiger partial charge < -0.3 is 5.32 Å². The molecule has 0 atom stereocenters. The van der Waals surface area contributed by atoms with E-state index in [-0.39, 0.29) is 28.4 Å². The fraction of sp³-hybridized carbons (Fsp3) is 0.174. The van der Waals surface area contributed by atoms with Crippen LogP contribution in [0.1, 0.15) is 22.8 Å². The molecule has 3 aromatic rings. The number of hydrogen-bond acceptors (Lipinski definition) is 5. The van der Waals surface area contributed by atoms with Crippen molar-refractivity contribution in [3.8, 4) is 0 Å². The molecule has 1 aliphatic rings. The number of halogens is 1. The van der Waals surface area contributed by atoms with Gasteiger partial charge in [-0.25, -0.2) is 16.8 Å². The third-order valence-electron chi connectivity index (χ3n) is 5.38. The molecule has 0 aliphatic carbocycles. The van der Waals surface area contributed by atoms with Crippen LogP contribution in [0, 0.1) is 0 Å². The van der Waals surface area contributed by atoms with Gasteiger partial charge in [-0.2, -0.15) is 0 Å². The van der Waals surface area contributed by atoms with Gasteiger partial charge in [-0.3, -0.25) is 13.8 Å². The molecule has 3 aromatic carbocycles. The van der Waals surface area contributed by atoms with Crippen LogP contribution in [-0.2, 0) is 26.5 Å². The largest absolute Gasteiger partial charge is 0.322 e. The third-order valence-corrected chi connectivity index (χ3v) is 8.76. The van der Waals surface area contributed by atoms with Gasteiger partial charge >= 0.3 is 0 Å². The van der Waals surface area contributed by atoms with Gasteiger partial charge in [0.25, 0.3) is 15.9 Å². The minimum atomic E-state index is -3.79. The average Bonchev–Trinajstić information content (AvgIpc) is 3.23. The summed E-state index contributed by atoms with van der Waals surface area (Å²) in [5, 5.41) is 3.20. The van der Waals surface area contributed by atoms with Crippen LogP contribution in [0.15, 0.2) is 71.6 Å². The number of amides is 1. The topological polar surface area (TPSA) is 113 Å². The van der Waals surface area contributed by atoms with Gasteiger partial charge in [0.15, 0.2) is 0 Å². The van der Waals surface area contributed by atoms with Crippen molar-refractivity contribution in [1.29, 1.82) is 0 Å². The number of carbonyl (C=O) groups excluding carboxylic acids is 1. The molecule has 1 heterocycles. The molecule has 8 nitrogen and oxygen atoms in total. The highest BCUT2D eigenvalue weighted by Crippen LogP contribution is 2.35. The molecule has 0 saturated carbocycles. The lowest BCUT2D eigenvalue weighted by atomic mass is 10.1. The van der Waals surface area contributed by atoms with E-state index in [0.717, 1.165) is 5.56 Å². The van der Waals surface area contributed by atoms with E-state index in [0.29, 0.717) is 22.8 Å². The van der Waals surface area contributed by atoms with E-state index in [1.807, 2.05) is 0 Å². The number of fused-ring (bicyclic) bond motifs is 1. The van der Waals surface area contributed by atoms with E-state index in [1.54, 1.807) is 36.4 Å². The van der Waals surface area contributed by atoms with E-state index in [2.05, 4.69) is 10.0 Å². The third kappa shape index (κ3) is 5.03. The summed E-state index contributed by atoms with van der Waals surface area (Å²) in [6.07, 6.45) is 0.552. The summed E-state index contributed by atoms with van der Waals surface area (Å²) < 4.78 is 53.7. The van der Waals surface area contributed by atoms with Gasteiger partial charge in [-0.15, -0.1) is 0 Å². The molecule has 11 heteroatoms. The Bertz CT molecular complexity index is 1460. The number of rotatable bonds is 7. The Labute approximate surface area is 203 Å². The predicted octanol–water partition coefficient (Wildman–Crippen LogP) is 4.11. The summed E-state index contributed by atoms with van der Waals surface area (Å²) in [7, 11) is -7.27. The Hall–Kier alpha value is -3.08. The Balaban J connectivity index is 1.57. The number of hydrogen-bond donors (Lipinski definition) is 2. The number of anilines is 3. The molecule has 0 fully saturated rings. The molecule has 4 rings (SSSR count). The monoisotopic (exact) mass is 519 g/mol. The number of benzene rings is 3. The van der Waals surface area contributed by atoms with Crippen molar-refractivity contribution < 1.29 is 21.6 Å². The first-order chi connectivity index (χ1) is 16.1. The lowest BCUT2D eigenvalue weighted by Crippen LogP contribution is -2.29. The van der Waals surface area contributed by atoms with E-state index < -0.39 is 26.0 Å². The molecule has 0 bridgehead atoms. The highest BCUT2D eigenvalue weighted by molar-refractivity contribution is 7.93. The van der Waals surface area contributed by atoms with Gasteiger partial charge in [0.1, 0.15) is 0 Å². The van der Waals surface area contributed by atoms with Crippen LogP contribution in [0.25, 0.3) is 0 Å². The van der Waals surface area contributed by atoms with E-state index in [1.165, 1.54) is 41.6 Å². The van der Waals surface area contributed by atoms with Crippen LogP contribution in [0.2, 0.25) is 5.02 Å². The minimum absolute atomic E-state index is 0.0893. The van der Waals surface area contributed by atoms with Crippen molar-refractivity contribution in [3.63, 3.8) is 0 Å². The minimum Gasteiger partial charge on any atom is -0.322 e. The lowest BCUT2D eigenvalue weighted by molar-refractivity contribution is 0.102. The molecule has 1 amide bonds. The fourth-order valence-corrected chi connectivity index (χ4v) is 5.84. The maximum Gasteiger partial charge on any atom is 0.264 e. The Morgan fingerprint density at radius 2 is 1.71 bits per heavy atom. The molecule has 0 radical (unpaired) electrons. The molecule has 0 spiro atoms.